The van der Waals surface area contributed by atoms with E-state index in [9.17, 15) is 32.9 Å². The van der Waals surface area contributed by atoms with Crippen molar-refractivity contribution in [2.75, 3.05) is 25.5 Å². The van der Waals surface area contributed by atoms with E-state index in [1.807, 2.05) is 0 Å². The minimum Gasteiger partial charge on any atom is -0.481 e. The van der Waals surface area contributed by atoms with Gasteiger partial charge in [0.05, 0.1) is 10.5 Å². The van der Waals surface area contributed by atoms with Crippen LogP contribution in [0.1, 0.15) is 24.8 Å². The second-order valence-corrected chi connectivity index (χ2v) is 5.48. The predicted molar refractivity (Wildman–Crippen MR) is 85.7 cm³/mol. The van der Waals surface area contributed by atoms with E-state index in [1.165, 1.54) is 11.9 Å². The average molecular weight is 377 g/mol. The van der Waals surface area contributed by atoms with Crippen molar-refractivity contribution in [3.8, 4) is 0 Å². The summed E-state index contributed by atoms with van der Waals surface area (Å²) in [5, 5.41) is 22.1. The fourth-order valence-electron chi connectivity index (χ4n) is 2.10. The molecule has 0 aromatic heterocycles. The minimum absolute atomic E-state index is 0.0195. The van der Waals surface area contributed by atoms with E-state index in [-0.39, 0.29) is 43.9 Å². The van der Waals surface area contributed by atoms with Crippen molar-refractivity contribution in [2.24, 2.45) is 0 Å². The molecule has 0 aliphatic rings. The van der Waals surface area contributed by atoms with Gasteiger partial charge < -0.3 is 15.3 Å². The monoisotopic (exact) mass is 377 g/mol. The number of rotatable bonds is 9. The Morgan fingerprint density at radius 1 is 1.31 bits per heavy atom. The van der Waals surface area contributed by atoms with Crippen LogP contribution in [0.25, 0.3) is 0 Å². The molecule has 144 valence electrons. The molecule has 0 bridgehead atoms. The first-order valence-electron chi connectivity index (χ1n) is 7.57. The normalized spacial score (nSPS) is 11.1. The molecule has 1 amide bonds. The van der Waals surface area contributed by atoms with Crippen molar-refractivity contribution in [1.29, 1.82) is 0 Å². The van der Waals surface area contributed by atoms with Crippen LogP contribution in [0, 0.1) is 10.1 Å². The molecule has 0 heterocycles. The molecule has 26 heavy (non-hydrogen) atoms. The van der Waals surface area contributed by atoms with Crippen LogP contribution in [-0.2, 0) is 15.8 Å². The first kappa shape index (κ1) is 21.2. The number of benzene rings is 1. The Morgan fingerprint density at radius 2 is 1.96 bits per heavy atom. The highest BCUT2D eigenvalue weighted by Gasteiger charge is 2.33. The van der Waals surface area contributed by atoms with E-state index in [2.05, 4.69) is 5.32 Å². The second kappa shape index (κ2) is 9.02. The number of alkyl halides is 3. The van der Waals surface area contributed by atoms with Gasteiger partial charge in [-0.1, -0.05) is 0 Å². The van der Waals surface area contributed by atoms with Gasteiger partial charge in [0.1, 0.15) is 5.69 Å². The maximum Gasteiger partial charge on any atom is 0.416 e. The highest BCUT2D eigenvalue weighted by molar-refractivity contribution is 5.76. The maximum absolute atomic E-state index is 12.6. The molecule has 0 radical (unpaired) electrons. The molecule has 0 spiro atoms. The fourth-order valence-corrected chi connectivity index (χ4v) is 2.10. The quantitative estimate of drug-likeness (QED) is 0.505. The van der Waals surface area contributed by atoms with Crippen LogP contribution in [0.15, 0.2) is 18.2 Å². The Balaban J connectivity index is 2.63. The number of halogens is 3. The molecule has 1 aromatic carbocycles. The molecular formula is C15H18F3N3O5. The van der Waals surface area contributed by atoms with E-state index in [1.54, 1.807) is 0 Å². The van der Waals surface area contributed by atoms with Gasteiger partial charge in [-0.15, -0.1) is 0 Å². The van der Waals surface area contributed by atoms with Crippen molar-refractivity contribution in [2.45, 2.75) is 25.4 Å². The van der Waals surface area contributed by atoms with E-state index in [4.69, 9.17) is 5.11 Å². The number of aliphatic carboxylic acids is 1. The van der Waals surface area contributed by atoms with Crippen LogP contribution in [0.2, 0.25) is 0 Å². The van der Waals surface area contributed by atoms with Crippen molar-refractivity contribution >= 4 is 23.3 Å². The molecular weight excluding hydrogens is 359 g/mol. The van der Waals surface area contributed by atoms with E-state index >= 15 is 0 Å². The Morgan fingerprint density at radius 3 is 2.50 bits per heavy atom. The molecule has 11 heteroatoms. The maximum atomic E-state index is 12.6. The average Bonchev–Trinajstić information content (AvgIpc) is 2.53. The molecule has 8 nitrogen and oxygen atoms in total. The van der Waals surface area contributed by atoms with E-state index < -0.39 is 28.3 Å². The zero-order chi connectivity index (χ0) is 19.9. The SMILES string of the molecule is CN(CCCC(=O)O)C(=O)CCNc1ccc(C(F)(F)F)cc1[N+](=O)[O-]. The summed E-state index contributed by atoms with van der Waals surface area (Å²) in [6.07, 6.45) is -4.54. The highest BCUT2D eigenvalue weighted by atomic mass is 19.4. The molecule has 1 rings (SSSR count). The number of carbonyl (C=O) groups excluding carboxylic acids is 1. The predicted octanol–water partition coefficient (Wildman–Crippen LogP) is 2.74. The first-order chi connectivity index (χ1) is 12.0. The Hall–Kier alpha value is -2.85. The van der Waals surface area contributed by atoms with Gasteiger partial charge in [-0.05, 0) is 18.6 Å². The van der Waals surface area contributed by atoms with Crippen LogP contribution in [-0.4, -0.2) is 46.9 Å². The summed E-state index contributed by atoms with van der Waals surface area (Å²) in [6.45, 7) is 0.222. The molecule has 0 aliphatic heterocycles. The van der Waals surface area contributed by atoms with Gasteiger partial charge in [-0.25, -0.2) is 0 Å². The number of carbonyl (C=O) groups is 2. The van der Waals surface area contributed by atoms with Crippen molar-refractivity contribution in [3.63, 3.8) is 0 Å². The van der Waals surface area contributed by atoms with Crippen LogP contribution in [0.4, 0.5) is 24.5 Å². The summed E-state index contributed by atoms with van der Waals surface area (Å²) in [4.78, 5) is 33.6. The summed E-state index contributed by atoms with van der Waals surface area (Å²) in [7, 11) is 1.49. The van der Waals surface area contributed by atoms with Gasteiger partial charge in [0.25, 0.3) is 5.69 Å². The Kier molecular flexibility index (Phi) is 7.35. The number of nitrogens with zero attached hydrogens (tertiary/aromatic N) is 2. The molecule has 0 unspecified atom stereocenters. The lowest BCUT2D eigenvalue weighted by Crippen LogP contribution is -2.29. The first-order valence-corrected chi connectivity index (χ1v) is 7.57. The number of amides is 1. The number of hydrogen-bond acceptors (Lipinski definition) is 5. The number of nitrogens with one attached hydrogen (secondary N) is 1. The number of carboxylic acid groups (broad SMARTS) is 1. The lowest BCUT2D eigenvalue weighted by atomic mass is 10.1. The lowest BCUT2D eigenvalue weighted by molar-refractivity contribution is -0.384. The second-order valence-electron chi connectivity index (χ2n) is 5.48. The number of nitro groups is 1. The van der Waals surface area contributed by atoms with Crippen molar-refractivity contribution in [3.05, 3.63) is 33.9 Å². The lowest BCUT2D eigenvalue weighted by Gasteiger charge is -2.17. The number of nitro benzene ring substituents is 1. The fraction of sp³-hybridized carbons (Fsp3) is 0.467. The molecule has 0 aliphatic carbocycles. The van der Waals surface area contributed by atoms with Crippen LogP contribution in [0.3, 0.4) is 0 Å². The minimum atomic E-state index is -4.70. The van der Waals surface area contributed by atoms with Crippen LogP contribution >= 0.6 is 0 Å². The number of carboxylic acids is 1. The van der Waals surface area contributed by atoms with E-state index in [0.29, 0.717) is 6.07 Å². The molecule has 0 fully saturated rings. The largest absolute Gasteiger partial charge is 0.481 e. The van der Waals surface area contributed by atoms with Gasteiger partial charge >= 0.3 is 12.1 Å². The highest BCUT2D eigenvalue weighted by Crippen LogP contribution is 2.34. The smallest absolute Gasteiger partial charge is 0.416 e. The molecule has 1 aromatic rings. The third-order valence-electron chi connectivity index (χ3n) is 3.49. The topological polar surface area (TPSA) is 113 Å². The summed E-state index contributed by atoms with van der Waals surface area (Å²) in [5.41, 5.74) is -1.99. The van der Waals surface area contributed by atoms with E-state index in [0.717, 1.165) is 12.1 Å². The van der Waals surface area contributed by atoms with Gasteiger partial charge in [-0.2, -0.15) is 13.2 Å². The van der Waals surface area contributed by atoms with Gasteiger partial charge in [0.15, 0.2) is 0 Å². The third-order valence-corrected chi connectivity index (χ3v) is 3.49. The Bertz CT molecular complexity index is 679. The van der Waals surface area contributed by atoms with Gasteiger partial charge in [0, 0.05) is 39.0 Å². The summed E-state index contributed by atoms with van der Waals surface area (Å²) in [5.74, 6) is -1.29. The zero-order valence-corrected chi connectivity index (χ0v) is 13.9. The molecule has 0 saturated carbocycles. The molecule has 0 saturated heterocycles. The number of hydrogen-bond donors (Lipinski definition) is 2. The molecule has 0 atom stereocenters. The Labute approximate surface area is 146 Å². The summed E-state index contributed by atoms with van der Waals surface area (Å²) >= 11 is 0. The summed E-state index contributed by atoms with van der Waals surface area (Å²) in [6, 6.07) is 2.10. The van der Waals surface area contributed by atoms with Gasteiger partial charge in [0.2, 0.25) is 5.91 Å². The standard InChI is InChI=1S/C15H18F3N3O5/c1-20(8-2-3-14(23)24)13(22)6-7-19-11-5-4-10(15(16,17)18)9-12(11)21(25)26/h4-5,9,19H,2-3,6-8H2,1H3,(H,23,24). The number of anilines is 1. The summed E-state index contributed by atoms with van der Waals surface area (Å²) < 4.78 is 37.9. The van der Waals surface area contributed by atoms with Crippen molar-refractivity contribution in [1.82, 2.24) is 4.90 Å². The molecule has 2 N–H and O–H groups in total. The van der Waals surface area contributed by atoms with Crippen LogP contribution in [0.5, 0.6) is 0 Å². The van der Waals surface area contributed by atoms with Crippen LogP contribution < -0.4 is 5.32 Å². The third kappa shape index (κ3) is 6.57. The zero-order valence-electron chi connectivity index (χ0n) is 13.9. The van der Waals surface area contributed by atoms with Crippen molar-refractivity contribution < 1.29 is 32.8 Å². The van der Waals surface area contributed by atoms with Gasteiger partial charge in [-0.3, -0.25) is 19.7 Å².